The van der Waals surface area contributed by atoms with Gasteiger partial charge in [0.25, 0.3) is 0 Å². The van der Waals surface area contributed by atoms with Crippen LogP contribution in [-0.2, 0) is 0 Å². The average molecular weight is 153 g/mol. The van der Waals surface area contributed by atoms with Crippen LogP contribution in [0.1, 0.15) is 52.4 Å². The Morgan fingerprint density at radius 3 is 2.36 bits per heavy atom. The van der Waals surface area contributed by atoms with Crippen molar-refractivity contribution in [3.8, 4) is 0 Å². The van der Waals surface area contributed by atoms with Gasteiger partial charge in [-0.2, -0.15) is 0 Å². The molecule has 0 nitrogen and oxygen atoms in total. The van der Waals surface area contributed by atoms with Gasteiger partial charge in [-0.3, -0.25) is 0 Å². The Balaban J connectivity index is 2.91. The third-order valence-electron chi connectivity index (χ3n) is 1.70. The number of allylic oxidation sites excluding steroid dienone is 2. The van der Waals surface area contributed by atoms with Gasteiger partial charge >= 0.3 is 0 Å². The molecule has 0 heteroatoms. The lowest BCUT2D eigenvalue weighted by atomic mass is 10.2. The van der Waals surface area contributed by atoms with Gasteiger partial charge in [-0.15, -0.1) is 0 Å². The summed E-state index contributed by atoms with van der Waals surface area (Å²) in [4.78, 5) is 0. The lowest BCUT2D eigenvalue weighted by molar-refractivity contribution is 0.728. The molecule has 0 aliphatic carbocycles. The average Bonchev–Trinajstić information content (AvgIpc) is 2.03. The van der Waals surface area contributed by atoms with Crippen molar-refractivity contribution in [2.24, 2.45) is 0 Å². The van der Waals surface area contributed by atoms with Gasteiger partial charge in [0.15, 0.2) is 0 Å². The summed E-state index contributed by atoms with van der Waals surface area (Å²) in [5.74, 6) is 0. The van der Waals surface area contributed by atoms with Crippen molar-refractivity contribution < 1.29 is 0 Å². The van der Waals surface area contributed by atoms with Crippen LogP contribution in [0.5, 0.6) is 0 Å². The van der Waals surface area contributed by atoms with E-state index >= 15 is 0 Å². The zero-order chi connectivity index (χ0) is 8.36. The van der Waals surface area contributed by atoms with Crippen LogP contribution in [0, 0.1) is 6.42 Å². The SMILES string of the molecule is CCC[CH]C=CCCCCC. The first-order valence-electron chi connectivity index (χ1n) is 4.90. The predicted octanol–water partition coefficient (Wildman–Crippen LogP) is 4.13. The second-order valence-electron chi connectivity index (χ2n) is 2.95. The molecule has 65 valence electrons. The summed E-state index contributed by atoms with van der Waals surface area (Å²) in [5.41, 5.74) is 0. The first-order valence-corrected chi connectivity index (χ1v) is 4.90. The minimum Gasteiger partial charge on any atom is -0.0882 e. The molecule has 0 unspecified atom stereocenters. The first-order chi connectivity index (χ1) is 5.41. The number of hydrogen-bond donors (Lipinski definition) is 0. The van der Waals surface area contributed by atoms with Gasteiger partial charge in [-0.05, 0) is 25.7 Å². The van der Waals surface area contributed by atoms with Gasteiger partial charge in [-0.1, -0.05) is 45.3 Å². The molecule has 0 aliphatic heterocycles. The molecule has 0 fully saturated rings. The van der Waals surface area contributed by atoms with Crippen LogP contribution < -0.4 is 0 Å². The minimum absolute atomic E-state index is 1.23. The molecular weight excluding hydrogens is 132 g/mol. The lowest BCUT2D eigenvalue weighted by Gasteiger charge is -1.91. The van der Waals surface area contributed by atoms with Crippen LogP contribution in [0.2, 0.25) is 0 Å². The Morgan fingerprint density at radius 1 is 0.909 bits per heavy atom. The van der Waals surface area contributed by atoms with E-state index in [-0.39, 0.29) is 0 Å². The van der Waals surface area contributed by atoms with Crippen LogP contribution >= 0.6 is 0 Å². The van der Waals surface area contributed by atoms with Crippen LogP contribution in [-0.4, -0.2) is 0 Å². The van der Waals surface area contributed by atoms with E-state index < -0.39 is 0 Å². The molecule has 11 heavy (non-hydrogen) atoms. The molecule has 0 amide bonds. The van der Waals surface area contributed by atoms with Gasteiger partial charge in [-0.25, -0.2) is 0 Å². The van der Waals surface area contributed by atoms with E-state index in [0.29, 0.717) is 0 Å². The molecule has 0 aromatic heterocycles. The van der Waals surface area contributed by atoms with E-state index in [4.69, 9.17) is 0 Å². The monoisotopic (exact) mass is 153 g/mol. The molecule has 0 aliphatic rings. The van der Waals surface area contributed by atoms with E-state index in [1.807, 2.05) is 0 Å². The van der Waals surface area contributed by atoms with Gasteiger partial charge in [0.1, 0.15) is 0 Å². The highest BCUT2D eigenvalue weighted by Gasteiger charge is 1.81. The zero-order valence-electron chi connectivity index (χ0n) is 7.97. The molecule has 0 saturated heterocycles. The topological polar surface area (TPSA) is 0 Å². The normalized spacial score (nSPS) is 11.1. The Labute approximate surface area is 71.7 Å². The number of unbranched alkanes of at least 4 members (excludes halogenated alkanes) is 5. The van der Waals surface area contributed by atoms with Crippen LogP contribution in [0.3, 0.4) is 0 Å². The summed E-state index contributed by atoms with van der Waals surface area (Å²) in [6.45, 7) is 4.45. The van der Waals surface area contributed by atoms with Crippen molar-refractivity contribution in [2.75, 3.05) is 0 Å². The summed E-state index contributed by atoms with van der Waals surface area (Å²) in [6.07, 6.45) is 14.5. The molecule has 0 heterocycles. The zero-order valence-corrected chi connectivity index (χ0v) is 7.97. The Hall–Kier alpha value is -0.260. The fourth-order valence-electron chi connectivity index (χ4n) is 0.968. The first kappa shape index (κ1) is 10.7. The summed E-state index contributed by atoms with van der Waals surface area (Å²) in [6, 6.07) is 0. The Kier molecular flexibility index (Phi) is 9.51. The molecule has 0 rings (SSSR count). The van der Waals surface area contributed by atoms with Crippen molar-refractivity contribution in [1.29, 1.82) is 0 Å². The highest BCUT2D eigenvalue weighted by Crippen LogP contribution is 2.01. The van der Waals surface area contributed by atoms with Crippen LogP contribution in [0.15, 0.2) is 12.2 Å². The van der Waals surface area contributed by atoms with E-state index in [9.17, 15) is 0 Å². The third kappa shape index (κ3) is 9.74. The maximum Gasteiger partial charge on any atom is -0.0171 e. The van der Waals surface area contributed by atoms with Crippen molar-refractivity contribution in [2.45, 2.75) is 52.4 Å². The van der Waals surface area contributed by atoms with E-state index in [1.54, 1.807) is 0 Å². The maximum absolute atomic E-state index is 2.28. The fourth-order valence-corrected chi connectivity index (χ4v) is 0.968. The van der Waals surface area contributed by atoms with Crippen molar-refractivity contribution in [3.63, 3.8) is 0 Å². The van der Waals surface area contributed by atoms with Gasteiger partial charge in [0.05, 0.1) is 0 Å². The molecular formula is C11H21. The molecule has 0 bridgehead atoms. The van der Waals surface area contributed by atoms with Crippen molar-refractivity contribution in [1.82, 2.24) is 0 Å². The second-order valence-corrected chi connectivity index (χ2v) is 2.95. The number of rotatable bonds is 7. The van der Waals surface area contributed by atoms with E-state index in [0.717, 1.165) is 0 Å². The molecule has 0 spiro atoms. The van der Waals surface area contributed by atoms with Crippen LogP contribution in [0.4, 0.5) is 0 Å². The summed E-state index contributed by atoms with van der Waals surface area (Å²) < 4.78 is 0. The summed E-state index contributed by atoms with van der Waals surface area (Å²) in [5, 5.41) is 0. The van der Waals surface area contributed by atoms with Crippen molar-refractivity contribution >= 4 is 0 Å². The molecule has 0 aromatic carbocycles. The van der Waals surface area contributed by atoms with Crippen LogP contribution in [0.25, 0.3) is 0 Å². The van der Waals surface area contributed by atoms with E-state index in [2.05, 4.69) is 32.4 Å². The van der Waals surface area contributed by atoms with Gasteiger partial charge in [0, 0.05) is 0 Å². The fraction of sp³-hybridized carbons (Fsp3) is 0.727. The smallest absolute Gasteiger partial charge is 0.0171 e. The summed E-state index contributed by atoms with van der Waals surface area (Å²) >= 11 is 0. The molecule has 0 atom stereocenters. The molecule has 0 N–H and O–H groups in total. The third-order valence-corrected chi connectivity index (χ3v) is 1.70. The molecule has 1 radical (unpaired) electrons. The van der Waals surface area contributed by atoms with E-state index in [1.165, 1.54) is 38.5 Å². The largest absolute Gasteiger partial charge is 0.0882 e. The number of hydrogen-bond acceptors (Lipinski definition) is 0. The highest BCUT2D eigenvalue weighted by atomic mass is 13.9. The standard InChI is InChI=1S/C11H21/c1-3-5-7-9-11-10-8-6-4-2/h7,9,11H,3-6,8,10H2,1-2H3. The quantitative estimate of drug-likeness (QED) is 0.482. The maximum atomic E-state index is 2.28. The molecule has 0 aromatic rings. The lowest BCUT2D eigenvalue weighted by Crippen LogP contribution is -1.72. The Bertz CT molecular complexity index is 82.0. The minimum atomic E-state index is 1.23. The Morgan fingerprint density at radius 2 is 1.73 bits per heavy atom. The second kappa shape index (κ2) is 9.74. The molecule has 0 saturated carbocycles. The van der Waals surface area contributed by atoms with Gasteiger partial charge < -0.3 is 0 Å². The highest BCUT2D eigenvalue weighted by molar-refractivity contribution is 4.93. The van der Waals surface area contributed by atoms with Gasteiger partial charge in [0.2, 0.25) is 0 Å². The predicted molar refractivity (Wildman–Crippen MR) is 52.5 cm³/mol. The summed E-state index contributed by atoms with van der Waals surface area (Å²) in [7, 11) is 0. The van der Waals surface area contributed by atoms with Crippen molar-refractivity contribution in [3.05, 3.63) is 18.6 Å².